The van der Waals surface area contributed by atoms with Crippen molar-refractivity contribution in [3.8, 4) is 0 Å². The number of fused-ring (bicyclic) bond motifs is 1. The molecule has 3 rings (SSSR count). The maximum Gasteiger partial charge on any atom is 0.0986 e. The number of aliphatic hydroxyl groups is 1. The summed E-state index contributed by atoms with van der Waals surface area (Å²) < 4.78 is 0. The van der Waals surface area contributed by atoms with Crippen molar-refractivity contribution in [2.45, 2.75) is 25.0 Å². The van der Waals surface area contributed by atoms with E-state index in [1.54, 1.807) is 0 Å². The van der Waals surface area contributed by atoms with Crippen LogP contribution in [0.3, 0.4) is 0 Å². The van der Waals surface area contributed by atoms with E-state index in [1.165, 1.54) is 12.8 Å². The van der Waals surface area contributed by atoms with Gasteiger partial charge in [0.2, 0.25) is 0 Å². The lowest BCUT2D eigenvalue weighted by Gasteiger charge is -2.32. The molecule has 0 radical (unpaired) electrons. The van der Waals surface area contributed by atoms with Crippen LogP contribution in [0.2, 0.25) is 0 Å². The summed E-state index contributed by atoms with van der Waals surface area (Å²) in [5.41, 5.74) is 2.23. The lowest BCUT2D eigenvalue weighted by atomic mass is 9.91. The van der Waals surface area contributed by atoms with Gasteiger partial charge in [0.15, 0.2) is 0 Å². The summed E-state index contributed by atoms with van der Waals surface area (Å²) in [7, 11) is 0. The zero-order valence-electron chi connectivity index (χ0n) is 9.34. The first kappa shape index (κ1) is 10.1. The van der Waals surface area contributed by atoms with Crippen molar-refractivity contribution >= 4 is 6.08 Å². The molecule has 1 aliphatic heterocycles. The van der Waals surface area contributed by atoms with Gasteiger partial charge in [-0.3, -0.25) is 4.90 Å². The van der Waals surface area contributed by atoms with E-state index in [9.17, 15) is 5.11 Å². The minimum atomic E-state index is -0.362. The van der Waals surface area contributed by atoms with E-state index in [0.717, 1.165) is 24.2 Å². The normalized spacial score (nSPS) is 29.3. The summed E-state index contributed by atoms with van der Waals surface area (Å²) in [5.74, 6) is 0. The molecule has 2 aliphatic rings. The molecule has 16 heavy (non-hydrogen) atoms. The number of aliphatic hydroxyl groups excluding tert-OH is 1. The molecule has 1 aromatic rings. The van der Waals surface area contributed by atoms with Crippen molar-refractivity contribution in [2.75, 3.05) is 13.1 Å². The number of likely N-dealkylation sites (tertiary alicyclic amines) is 1. The highest BCUT2D eigenvalue weighted by Gasteiger charge is 2.30. The van der Waals surface area contributed by atoms with Crippen molar-refractivity contribution in [1.29, 1.82) is 0 Å². The molecule has 1 fully saturated rings. The van der Waals surface area contributed by atoms with Gasteiger partial charge in [0.05, 0.1) is 12.1 Å². The molecule has 0 bridgehead atoms. The maximum absolute atomic E-state index is 10.4. The third kappa shape index (κ3) is 1.58. The van der Waals surface area contributed by atoms with Crippen LogP contribution in [0.4, 0.5) is 0 Å². The van der Waals surface area contributed by atoms with Gasteiger partial charge in [-0.2, -0.15) is 0 Å². The Morgan fingerprint density at radius 2 is 1.88 bits per heavy atom. The summed E-state index contributed by atoms with van der Waals surface area (Å²) in [5, 5.41) is 10.4. The van der Waals surface area contributed by atoms with E-state index in [4.69, 9.17) is 0 Å². The molecule has 0 saturated carbocycles. The van der Waals surface area contributed by atoms with Gasteiger partial charge >= 0.3 is 0 Å². The Morgan fingerprint density at radius 3 is 2.69 bits per heavy atom. The van der Waals surface area contributed by atoms with Crippen molar-refractivity contribution in [1.82, 2.24) is 4.90 Å². The zero-order valence-corrected chi connectivity index (χ0v) is 9.34. The fourth-order valence-corrected chi connectivity index (χ4v) is 2.78. The number of rotatable bonds is 1. The van der Waals surface area contributed by atoms with Crippen molar-refractivity contribution < 1.29 is 5.11 Å². The minimum absolute atomic E-state index is 0.178. The van der Waals surface area contributed by atoms with E-state index in [0.29, 0.717) is 0 Å². The van der Waals surface area contributed by atoms with Crippen LogP contribution >= 0.6 is 0 Å². The van der Waals surface area contributed by atoms with Crippen LogP contribution in [0.5, 0.6) is 0 Å². The Kier molecular flexibility index (Phi) is 2.54. The molecule has 0 amide bonds. The van der Waals surface area contributed by atoms with Gasteiger partial charge in [0.25, 0.3) is 0 Å². The highest BCUT2D eigenvalue weighted by Crippen LogP contribution is 2.32. The molecule has 1 unspecified atom stereocenters. The summed E-state index contributed by atoms with van der Waals surface area (Å²) in [6.07, 6.45) is 6.46. The fraction of sp³-hybridized carbons (Fsp3) is 0.429. The quantitative estimate of drug-likeness (QED) is 0.776. The third-order valence-corrected chi connectivity index (χ3v) is 3.67. The average Bonchev–Trinajstić information content (AvgIpc) is 2.83. The summed E-state index contributed by atoms with van der Waals surface area (Å²) >= 11 is 0. The molecule has 0 aromatic heterocycles. The van der Waals surface area contributed by atoms with Crippen LogP contribution in [-0.4, -0.2) is 29.1 Å². The molecule has 2 heteroatoms. The predicted molar refractivity (Wildman–Crippen MR) is 65.0 cm³/mol. The first-order valence-corrected chi connectivity index (χ1v) is 6.05. The van der Waals surface area contributed by atoms with E-state index in [2.05, 4.69) is 23.1 Å². The lowest BCUT2D eigenvalue weighted by Crippen LogP contribution is -2.37. The molecule has 1 N–H and O–H groups in total. The molecular formula is C14H17NO. The summed E-state index contributed by atoms with van der Waals surface area (Å²) in [6, 6.07) is 8.30. The van der Waals surface area contributed by atoms with Gasteiger partial charge < -0.3 is 5.11 Å². The Morgan fingerprint density at radius 1 is 1.12 bits per heavy atom. The molecule has 1 saturated heterocycles. The molecule has 84 valence electrons. The van der Waals surface area contributed by atoms with Gasteiger partial charge in [0, 0.05) is 0 Å². The number of benzene rings is 1. The third-order valence-electron chi connectivity index (χ3n) is 3.67. The molecular weight excluding hydrogens is 198 g/mol. The zero-order chi connectivity index (χ0) is 11.0. The van der Waals surface area contributed by atoms with Gasteiger partial charge in [-0.1, -0.05) is 36.4 Å². The van der Waals surface area contributed by atoms with Crippen LogP contribution in [-0.2, 0) is 0 Å². The monoisotopic (exact) mass is 215 g/mol. The Balaban J connectivity index is 1.91. The van der Waals surface area contributed by atoms with Gasteiger partial charge in [-0.15, -0.1) is 0 Å². The number of hydrogen-bond acceptors (Lipinski definition) is 2. The Bertz CT molecular complexity index is 407. The van der Waals surface area contributed by atoms with Crippen LogP contribution < -0.4 is 0 Å². The largest absolute Gasteiger partial charge is 0.386 e. The molecule has 1 aromatic carbocycles. The van der Waals surface area contributed by atoms with E-state index in [-0.39, 0.29) is 12.1 Å². The molecule has 1 aliphatic carbocycles. The molecule has 0 spiro atoms. The summed E-state index contributed by atoms with van der Waals surface area (Å²) in [4.78, 5) is 2.39. The van der Waals surface area contributed by atoms with Crippen LogP contribution in [0.15, 0.2) is 30.3 Å². The van der Waals surface area contributed by atoms with Crippen molar-refractivity contribution in [3.63, 3.8) is 0 Å². The Hall–Kier alpha value is -1.12. The highest BCUT2D eigenvalue weighted by molar-refractivity contribution is 5.58. The number of hydrogen-bond donors (Lipinski definition) is 1. The topological polar surface area (TPSA) is 23.5 Å². The first-order valence-electron chi connectivity index (χ1n) is 6.05. The van der Waals surface area contributed by atoms with Crippen LogP contribution in [0.1, 0.15) is 30.1 Å². The maximum atomic E-state index is 10.4. The first-order chi connectivity index (χ1) is 7.86. The van der Waals surface area contributed by atoms with Crippen molar-refractivity contribution in [3.05, 3.63) is 41.5 Å². The summed E-state index contributed by atoms with van der Waals surface area (Å²) in [6.45, 7) is 2.24. The van der Waals surface area contributed by atoms with Gasteiger partial charge in [-0.05, 0) is 37.1 Å². The molecule has 2 nitrogen and oxygen atoms in total. The average molecular weight is 215 g/mol. The fourth-order valence-electron chi connectivity index (χ4n) is 2.78. The van der Waals surface area contributed by atoms with Gasteiger partial charge in [0.1, 0.15) is 0 Å². The van der Waals surface area contributed by atoms with Crippen LogP contribution in [0, 0.1) is 0 Å². The van der Waals surface area contributed by atoms with Crippen molar-refractivity contribution in [2.24, 2.45) is 0 Å². The highest BCUT2D eigenvalue weighted by atomic mass is 16.3. The van der Waals surface area contributed by atoms with E-state index < -0.39 is 0 Å². The minimum Gasteiger partial charge on any atom is -0.386 e. The SMILES string of the molecule is OC1c2ccccc2C=C[C@H]1N1CCCC1. The second-order valence-corrected chi connectivity index (χ2v) is 4.67. The smallest absolute Gasteiger partial charge is 0.0986 e. The standard InChI is InChI=1S/C14H17NO/c16-14-12-6-2-1-5-11(12)7-8-13(14)15-9-3-4-10-15/h1-2,5-8,13-14,16H,3-4,9-10H2/t13-,14?/m1/s1. The van der Waals surface area contributed by atoms with E-state index in [1.807, 2.05) is 18.2 Å². The number of nitrogens with zero attached hydrogens (tertiary/aromatic N) is 1. The second-order valence-electron chi connectivity index (χ2n) is 4.67. The Labute approximate surface area is 96.2 Å². The molecule has 2 atom stereocenters. The molecule has 1 heterocycles. The lowest BCUT2D eigenvalue weighted by molar-refractivity contribution is 0.0854. The van der Waals surface area contributed by atoms with E-state index >= 15 is 0 Å². The predicted octanol–water partition coefficient (Wildman–Crippen LogP) is 2.21. The van der Waals surface area contributed by atoms with Gasteiger partial charge in [-0.25, -0.2) is 0 Å². The second kappa shape index (κ2) is 4.04. The van der Waals surface area contributed by atoms with Crippen LogP contribution in [0.25, 0.3) is 6.08 Å².